The molecule has 3 heteroatoms. The molecule has 0 spiro atoms. The van der Waals surface area contributed by atoms with Crippen LogP contribution in [0, 0.1) is 12.3 Å². The summed E-state index contributed by atoms with van der Waals surface area (Å²) in [6.45, 7) is 0.759. The van der Waals surface area contributed by atoms with E-state index in [-0.39, 0.29) is 11.5 Å². The second kappa shape index (κ2) is 5.34. The number of hydrogen-bond donors (Lipinski definition) is 2. The highest BCUT2D eigenvalue weighted by atomic mass is 16.4. The van der Waals surface area contributed by atoms with E-state index in [1.807, 2.05) is 18.2 Å². The lowest BCUT2D eigenvalue weighted by Crippen LogP contribution is -2.22. The molecule has 0 radical (unpaired) electrons. The number of para-hydroxylation sites is 1. The average Bonchev–Trinajstić information content (AvgIpc) is 2.53. The van der Waals surface area contributed by atoms with Crippen molar-refractivity contribution in [3.8, 4) is 12.3 Å². The van der Waals surface area contributed by atoms with Crippen molar-refractivity contribution in [1.29, 1.82) is 0 Å². The Morgan fingerprint density at radius 1 is 1.24 bits per heavy atom. The molecule has 1 atom stereocenters. The van der Waals surface area contributed by atoms with Crippen molar-refractivity contribution in [2.24, 2.45) is 0 Å². The summed E-state index contributed by atoms with van der Waals surface area (Å²) in [5.41, 5.74) is 4.01. The third-order valence-corrected chi connectivity index (χ3v) is 3.93. The van der Waals surface area contributed by atoms with E-state index in [1.54, 1.807) is 12.1 Å². The molecule has 2 N–H and O–H groups in total. The van der Waals surface area contributed by atoms with E-state index < -0.39 is 5.97 Å². The fourth-order valence-corrected chi connectivity index (χ4v) is 2.91. The monoisotopic (exact) mass is 277 g/mol. The van der Waals surface area contributed by atoms with E-state index in [2.05, 4.69) is 23.4 Å². The number of anilines is 1. The first-order valence-electron chi connectivity index (χ1n) is 6.85. The second-order valence-electron chi connectivity index (χ2n) is 5.16. The zero-order chi connectivity index (χ0) is 14.8. The molecule has 1 aliphatic heterocycles. The van der Waals surface area contributed by atoms with Crippen LogP contribution in [0.25, 0.3) is 0 Å². The smallest absolute Gasteiger partial charge is 0.336 e. The minimum Gasteiger partial charge on any atom is -0.478 e. The number of fused-ring (bicyclic) bond motifs is 1. The Morgan fingerprint density at radius 2 is 2.05 bits per heavy atom. The van der Waals surface area contributed by atoms with E-state index in [0.717, 1.165) is 24.2 Å². The minimum atomic E-state index is -0.978. The lowest BCUT2D eigenvalue weighted by atomic mass is 9.84. The van der Waals surface area contributed by atoms with Gasteiger partial charge in [-0.2, -0.15) is 0 Å². The molecule has 0 amide bonds. The van der Waals surface area contributed by atoms with Crippen molar-refractivity contribution in [3.05, 3.63) is 64.7 Å². The van der Waals surface area contributed by atoms with Crippen LogP contribution in [0.4, 0.5) is 5.69 Å². The largest absolute Gasteiger partial charge is 0.478 e. The number of carbonyl (C=O) groups is 1. The summed E-state index contributed by atoms with van der Waals surface area (Å²) in [4.78, 5) is 11.3. The predicted octanol–water partition coefficient (Wildman–Crippen LogP) is 3.12. The molecule has 0 aliphatic carbocycles. The molecule has 21 heavy (non-hydrogen) atoms. The molecule has 0 bridgehead atoms. The highest BCUT2D eigenvalue weighted by Gasteiger charge is 2.23. The van der Waals surface area contributed by atoms with Crippen molar-refractivity contribution >= 4 is 11.7 Å². The molecule has 104 valence electrons. The first-order valence-corrected chi connectivity index (χ1v) is 6.85. The van der Waals surface area contributed by atoms with E-state index in [0.29, 0.717) is 5.56 Å². The van der Waals surface area contributed by atoms with Crippen molar-refractivity contribution in [1.82, 2.24) is 0 Å². The summed E-state index contributed by atoms with van der Waals surface area (Å²) in [5, 5.41) is 12.7. The molecule has 1 aliphatic rings. The van der Waals surface area contributed by atoms with Gasteiger partial charge in [0, 0.05) is 23.7 Å². The molecular weight excluding hydrogens is 262 g/mol. The van der Waals surface area contributed by atoms with Crippen LogP contribution in [-0.2, 0) is 6.42 Å². The Labute approximate surface area is 123 Å². The van der Waals surface area contributed by atoms with Crippen molar-refractivity contribution in [2.45, 2.75) is 12.3 Å². The van der Waals surface area contributed by atoms with Crippen molar-refractivity contribution < 1.29 is 9.90 Å². The standard InChI is InChI=1S/C18H15NO2/c1-2-14-15(7-5-8-16(14)18(20)21)13-10-12-6-3-4-9-17(12)19-11-13/h1,3-9,13,19H,10-11H2,(H,20,21). The Morgan fingerprint density at radius 3 is 2.81 bits per heavy atom. The van der Waals surface area contributed by atoms with Gasteiger partial charge in [0.2, 0.25) is 0 Å². The number of terminal acetylenes is 1. The number of carboxylic acid groups (broad SMARTS) is 1. The summed E-state index contributed by atoms with van der Waals surface area (Å²) in [7, 11) is 0. The lowest BCUT2D eigenvalue weighted by molar-refractivity contribution is 0.0696. The molecule has 0 fully saturated rings. The van der Waals surface area contributed by atoms with Crippen LogP contribution in [0.2, 0.25) is 0 Å². The quantitative estimate of drug-likeness (QED) is 0.829. The van der Waals surface area contributed by atoms with Gasteiger partial charge in [-0.15, -0.1) is 6.42 Å². The zero-order valence-electron chi connectivity index (χ0n) is 11.5. The van der Waals surface area contributed by atoms with Crippen LogP contribution >= 0.6 is 0 Å². The Kier molecular flexibility index (Phi) is 3.37. The van der Waals surface area contributed by atoms with Gasteiger partial charge in [-0.25, -0.2) is 4.79 Å². The lowest BCUT2D eigenvalue weighted by Gasteiger charge is -2.27. The van der Waals surface area contributed by atoms with E-state index >= 15 is 0 Å². The highest BCUT2D eigenvalue weighted by Crippen LogP contribution is 2.32. The molecule has 2 aromatic rings. The van der Waals surface area contributed by atoms with Gasteiger partial charge in [-0.3, -0.25) is 0 Å². The fraction of sp³-hybridized carbons (Fsp3) is 0.167. The SMILES string of the molecule is C#Cc1c(C(=O)O)cccc1C1CNc2ccccc2C1. The van der Waals surface area contributed by atoms with Gasteiger partial charge in [0.15, 0.2) is 0 Å². The van der Waals surface area contributed by atoms with Gasteiger partial charge in [0.1, 0.15) is 0 Å². The number of rotatable bonds is 2. The van der Waals surface area contributed by atoms with Gasteiger partial charge in [-0.05, 0) is 29.7 Å². The van der Waals surface area contributed by atoms with Crippen LogP contribution < -0.4 is 5.32 Å². The summed E-state index contributed by atoms with van der Waals surface area (Å²) in [6, 6.07) is 13.4. The summed E-state index contributed by atoms with van der Waals surface area (Å²) >= 11 is 0. The topological polar surface area (TPSA) is 49.3 Å². The maximum Gasteiger partial charge on any atom is 0.336 e. The van der Waals surface area contributed by atoms with Gasteiger partial charge in [0.05, 0.1) is 5.56 Å². The molecule has 3 nitrogen and oxygen atoms in total. The second-order valence-corrected chi connectivity index (χ2v) is 5.16. The normalized spacial score (nSPS) is 16.4. The van der Waals surface area contributed by atoms with Crippen LogP contribution in [0.1, 0.15) is 33.0 Å². The average molecular weight is 277 g/mol. The first-order chi connectivity index (χ1) is 10.2. The Bertz CT molecular complexity index is 743. The maximum atomic E-state index is 11.3. The zero-order valence-corrected chi connectivity index (χ0v) is 11.5. The van der Waals surface area contributed by atoms with Crippen LogP contribution in [0.3, 0.4) is 0 Å². The number of carboxylic acids is 1. The Hall–Kier alpha value is -2.73. The Balaban J connectivity index is 2.01. The molecule has 1 heterocycles. The molecule has 0 aromatic heterocycles. The van der Waals surface area contributed by atoms with Gasteiger partial charge in [0.25, 0.3) is 0 Å². The molecule has 0 saturated carbocycles. The number of hydrogen-bond acceptors (Lipinski definition) is 2. The predicted molar refractivity (Wildman–Crippen MR) is 82.7 cm³/mol. The van der Waals surface area contributed by atoms with Crippen LogP contribution in [-0.4, -0.2) is 17.6 Å². The van der Waals surface area contributed by atoms with Crippen LogP contribution in [0.15, 0.2) is 42.5 Å². The summed E-state index contributed by atoms with van der Waals surface area (Å²) < 4.78 is 0. The number of aromatic carboxylic acids is 1. The third-order valence-electron chi connectivity index (χ3n) is 3.93. The van der Waals surface area contributed by atoms with Crippen molar-refractivity contribution in [2.75, 3.05) is 11.9 Å². The number of nitrogens with one attached hydrogen (secondary N) is 1. The molecule has 0 saturated heterocycles. The van der Waals surface area contributed by atoms with Crippen LogP contribution in [0.5, 0.6) is 0 Å². The molecule has 2 aromatic carbocycles. The fourth-order valence-electron chi connectivity index (χ4n) is 2.91. The third kappa shape index (κ3) is 2.36. The first kappa shape index (κ1) is 13.3. The van der Waals surface area contributed by atoms with Gasteiger partial charge in [-0.1, -0.05) is 36.3 Å². The van der Waals surface area contributed by atoms with E-state index in [9.17, 15) is 9.90 Å². The van der Waals surface area contributed by atoms with E-state index in [4.69, 9.17) is 6.42 Å². The molecular formula is C18H15NO2. The molecule has 3 rings (SSSR count). The van der Waals surface area contributed by atoms with Gasteiger partial charge < -0.3 is 10.4 Å². The summed E-state index contributed by atoms with van der Waals surface area (Å²) in [5.74, 6) is 1.77. The number of benzene rings is 2. The minimum absolute atomic E-state index is 0.185. The van der Waals surface area contributed by atoms with Gasteiger partial charge >= 0.3 is 5.97 Å². The van der Waals surface area contributed by atoms with Crippen molar-refractivity contribution in [3.63, 3.8) is 0 Å². The molecule has 1 unspecified atom stereocenters. The highest BCUT2D eigenvalue weighted by molar-refractivity contribution is 5.91. The summed E-state index contributed by atoms with van der Waals surface area (Å²) in [6.07, 6.45) is 6.42. The van der Waals surface area contributed by atoms with E-state index in [1.165, 1.54) is 5.56 Å². The maximum absolute atomic E-state index is 11.3.